The van der Waals surface area contributed by atoms with Crippen molar-refractivity contribution in [2.75, 3.05) is 7.11 Å². The molecule has 15 heavy (non-hydrogen) atoms. The molecule has 0 spiro atoms. The molecule has 0 bridgehead atoms. The summed E-state index contributed by atoms with van der Waals surface area (Å²) in [5.74, 6) is 0.0269. The minimum absolute atomic E-state index is 0.191. The van der Waals surface area contributed by atoms with Gasteiger partial charge >= 0.3 is 5.97 Å². The zero-order valence-corrected chi connectivity index (χ0v) is 9.80. The lowest BCUT2D eigenvalue weighted by molar-refractivity contribution is -0.693. The second kappa shape index (κ2) is 4.96. The standard InChI is InChI=1S/C11H19N2O2/c1-5-12-6-7-13(8-12)10(9(2)3)11(14)15-4/h6-10H,5H2,1-4H3/q+1. The third-order valence-electron chi connectivity index (χ3n) is 2.47. The van der Waals surface area contributed by atoms with Gasteiger partial charge in [0.1, 0.15) is 12.4 Å². The topological polar surface area (TPSA) is 35.1 Å². The Bertz CT molecular complexity index is 331. The lowest BCUT2D eigenvalue weighted by atomic mass is 10.0. The molecule has 0 saturated carbocycles. The predicted molar refractivity (Wildman–Crippen MR) is 56.2 cm³/mol. The zero-order valence-electron chi connectivity index (χ0n) is 9.80. The van der Waals surface area contributed by atoms with Crippen LogP contribution in [-0.4, -0.2) is 17.6 Å². The molecule has 0 fully saturated rings. The number of rotatable bonds is 4. The van der Waals surface area contributed by atoms with Crippen LogP contribution in [0, 0.1) is 5.92 Å². The fraction of sp³-hybridized carbons (Fsp3) is 0.636. The lowest BCUT2D eigenvalue weighted by Gasteiger charge is -2.14. The number of aromatic nitrogens is 2. The second-order valence-corrected chi connectivity index (χ2v) is 3.90. The maximum atomic E-state index is 11.6. The maximum Gasteiger partial charge on any atom is 0.351 e. The number of ether oxygens (including phenoxy) is 1. The first-order valence-corrected chi connectivity index (χ1v) is 5.24. The van der Waals surface area contributed by atoms with Gasteiger partial charge in [0.25, 0.3) is 0 Å². The van der Waals surface area contributed by atoms with E-state index in [4.69, 9.17) is 4.74 Å². The molecule has 0 N–H and O–H groups in total. The smallest absolute Gasteiger partial charge is 0.351 e. The van der Waals surface area contributed by atoms with Crippen molar-refractivity contribution in [1.82, 2.24) is 4.57 Å². The number of aryl methyl sites for hydroxylation is 1. The predicted octanol–water partition coefficient (Wildman–Crippen LogP) is 1.17. The molecule has 1 unspecified atom stereocenters. The van der Waals surface area contributed by atoms with Gasteiger partial charge in [-0.2, -0.15) is 0 Å². The van der Waals surface area contributed by atoms with E-state index in [1.165, 1.54) is 7.11 Å². The van der Waals surface area contributed by atoms with Gasteiger partial charge in [0.15, 0.2) is 6.04 Å². The molecule has 0 aliphatic heterocycles. The quantitative estimate of drug-likeness (QED) is 0.553. The number of hydrogen-bond donors (Lipinski definition) is 0. The molecular formula is C11H19N2O2+. The van der Waals surface area contributed by atoms with E-state index >= 15 is 0 Å². The number of esters is 1. The van der Waals surface area contributed by atoms with Crippen molar-refractivity contribution in [3.05, 3.63) is 18.7 Å². The molecule has 1 atom stereocenters. The van der Waals surface area contributed by atoms with Gasteiger partial charge in [-0.05, 0) is 6.92 Å². The summed E-state index contributed by atoms with van der Waals surface area (Å²) < 4.78 is 8.73. The third-order valence-corrected chi connectivity index (χ3v) is 2.47. The van der Waals surface area contributed by atoms with Gasteiger partial charge in [0.05, 0.1) is 13.7 Å². The molecule has 0 aromatic carbocycles. The van der Waals surface area contributed by atoms with Crippen molar-refractivity contribution < 1.29 is 14.1 Å². The van der Waals surface area contributed by atoms with E-state index in [9.17, 15) is 4.79 Å². The van der Waals surface area contributed by atoms with Gasteiger partial charge in [-0.15, -0.1) is 0 Å². The highest BCUT2D eigenvalue weighted by Gasteiger charge is 2.29. The van der Waals surface area contributed by atoms with Crippen LogP contribution in [0.2, 0.25) is 0 Å². The van der Waals surface area contributed by atoms with Crippen molar-refractivity contribution in [3.63, 3.8) is 0 Å². The molecule has 4 heteroatoms. The summed E-state index contributed by atoms with van der Waals surface area (Å²) in [5.41, 5.74) is 0. The largest absolute Gasteiger partial charge is 0.466 e. The van der Waals surface area contributed by atoms with Crippen LogP contribution >= 0.6 is 0 Å². The van der Waals surface area contributed by atoms with E-state index < -0.39 is 0 Å². The summed E-state index contributed by atoms with van der Waals surface area (Å²) >= 11 is 0. The van der Waals surface area contributed by atoms with Crippen LogP contribution in [0.15, 0.2) is 18.7 Å². The first-order valence-electron chi connectivity index (χ1n) is 5.24. The fourth-order valence-corrected chi connectivity index (χ4v) is 1.62. The minimum atomic E-state index is -0.234. The van der Waals surface area contributed by atoms with Crippen LogP contribution in [0.4, 0.5) is 0 Å². The molecular weight excluding hydrogens is 192 g/mol. The van der Waals surface area contributed by atoms with Gasteiger partial charge in [0, 0.05) is 5.92 Å². The molecule has 4 nitrogen and oxygen atoms in total. The third kappa shape index (κ3) is 2.58. The molecule has 0 aliphatic rings. The van der Waals surface area contributed by atoms with Crippen LogP contribution in [-0.2, 0) is 16.1 Å². The summed E-state index contributed by atoms with van der Waals surface area (Å²) in [6.45, 7) is 6.99. The number of carbonyl (C=O) groups excluding carboxylic acids is 1. The number of hydrogen-bond acceptors (Lipinski definition) is 2. The highest BCUT2D eigenvalue weighted by atomic mass is 16.5. The summed E-state index contributed by atoms with van der Waals surface area (Å²) in [5, 5.41) is 0. The maximum absolute atomic E-state index is 11.6. The summed E-state index contributed by atoms with van der Waals surface area (Å²) in [7, 11) is 1.43. The van der Waals surface area contributed by atoms with Crippen molar-refractivity contribution in [2.24, 2.45) is 5.92 Å². The SMILES string of the molecule is CC[n+]1ccn(C(C(=O)OC)C(C)C)c1. The molecule has 0 radical (unpaired) electrons. The Kier molecular flexibility index (Phi) is 3.88. The fourth-order valence-electron chi connectivity index (χ4n) is 1.62. The Labute approximate surface area is 90.5 Å². The molecule has 1 heterocycles. The molecule has 0 aliphatic carbocycles. The number of nitrogens with zero attached hydrogens (tertiary/aromatic N) is 2. The van der Waals surface area contributed by atoms with Gasteiger partial charge < -0.3 is 4.74 Å². The Hall–Kier alpha value is -1.32. The van der Waals surface area contributed by atoms with E-state index in [1.807, 2.05) is 41.7 Å². The molecule has 1 rings (SSSR count). The average Bonchev–Trinajstić information content (AvgIpc) is 2.65. The van der Waals surface area contributed by atoms with Crippen LogP contribution in [0.3, 0.4) is 0 Å². The van der Waals surface area contributed by atoms with E-state index in [0.29, 0.717) is 0 Å². The minimum Gasteiger partial charge on any atom is -0.466 e. The van der Waals surface area contributed by atoms with Crippen LogP contribution in [0.5, 0.6) is 0 Å². The van der Waals surface area contributed by atoms with Crippen molar-refractivity contribution in [3.8, 4) is 0 Å². The first-order chi connectivity index (χ1) is 7.10. The van der Waals surface area contributed by atoms with Crippen molar-refractivity contribution in [1.29, 1.82) is 0 Å². The van der Waals surface area contributed by atoms with Gasteiger partial charge in [-0.1, -0.05) is 13.8 Å². The normalized spacial score (nSPS) is 12.9. The van der Waals surface area contributed by atoms with Crippen molar-refractivity contribution in [2.45, 2.75) is 33.4 Å². The Balaban J connectivity index is 2.93. The summed E-state index contributed by atoms with van der Waals surface area (Å²) in [6.07, 6.45) is 5.80. The molecule has 0 saturated heterocycles. The lowest BCUT2D eigenvalue weighted by Crippen LogP contribution is -2.31. The monoisotopic (exact) mass is 211 g/mol. The highest BCUT2D eigenvalue weighted by molar-refractivity contribution is 5.74. The summed E-state index contributed by atoms with van der Waals surface area (Å²) in [4.78, 5) is 11.6. The number of imidazole rings is 1. The highest BCUT2D eigenvalue weighted by Crippen LogP contribution is 2.18. The van der Waals surface area contributed by atoms with Crippen molar-refractivity contribution >= 4 is 5.97 Å². The van der Waals surface area contributed by atoms with Crippen LogP contribution < -0.4 is 4.57 Å². The van der Waals surface area contributed by atoms with E-state index in [2.05, 4.69) is 6.92 Å². The van der Waals surface area contributed by atoms with Crippen LogP contribution in [0.25, 0.3) is 0 Å². The van der Waals surface area contributed by atoms with E-state index in [0.717, 1.165) is 6.54 Å². The zero-order chi connectivity index (χ0) is 11.4. The average molecular weight is 211 g/mol. The Morgan fingerprint density at radius 2 is 2.20 bits per heavy atom. The van der Waals surface area contributed by atoms with Gasteiger partial charge in [-0.25, -0.2) is 13.9 Å². The summed E-state index contributed by atoms with van der Waals surface area (Å²) in [6, 6.07) is -0.234. The molecule has 1 aromatic rings. The molecule has 1 aromatic heterocycles. The van der Waals surface area contributed by atoms with Gasteiger partial charge in [-0.3, -0.25) is 0 Å². The number of methoxy groups -OCH3 is 1. The van der Waals surface area contributed by atoms with E-state index in [1.54, 1.807) is 0 Å². The number of carbonyl (C=O) groups is 1. The van der Waals surface area contributed by atoms with E-state index in [-0.39, 0.29) is 17.9 Å². The van der Waals surface area contributed by atoms with Gasteiger partial charge in [0.2, 0.25) is 6.33 Å². The Morgan fingerprint density at radius 3 is 2.60 bits per heavy atom. The first kappa shape index (κ1) is 11.8. The Morgan fingerprint density at radius 1 is 1.53 bits per heavy atom. The molecule has 84 valence electrons. The van der Waals surface area contributed by atoms with Crippen LogP contribution in [0.1, 0.15) is 26.8 Å². The second-order valence-electron chi connectivity index (χ2n) is 3.90. The molecule has 0 amide bonds.